The maximum atomic E-state index is 3.67. The van der Waals surface area contributed by atoms with Gasteiger partial charge < -0.3 is 5.32 Å². The lowest BCUT2D eigenvalue weighted by molar-refractivity contribution is 0.0452. The van der Waals surface area contributed by atoms with Crippen LogP contribution in [-0.2, 0) is 0 Å². The lowest BCUT2D eigenvalue weighted by atomic mass is 9.92. The van der Waals surface area contributed by atoms with Gasteiger partial charge in [0.1, 0.15) is 0 Å². The second kappa shape index (κ2) is 5.74. The molecular weight excluding hydrogens is 216 g/mol. The minimum absolute atomic E-state index is 0.262. The summed E-state index contributed by atoms with van der Waals surface area (Å²) in [6.45, 7) is 14.0. The van der Waals surface area contributed by atoms with Crippen LogP contribution in [0, 0.1) is 5.92 Å². The molecule has 1 aliphatic rings. The third kappa shape index (κ3) is 3.64. The van der Waals surface area contributed by atoms with E-state index < -0.39 is 0 Å². The first kappa shape index (κ1) is 14.3. The van der Waals surface area contributed by atoms with Crippen LogP contribution in [0.1, 0.15) is 34.6 Å². The van der Waals surface area contributed by atoms with Crippen molar-refractivity contribution in [2.24, 2.45) is 5.92 Å². The Labute approximate surface area is 106 Å². The van der Waals surface area contributed by atoms with E-state index in [9.17, 15) is 0 Å². The third-order valence-electron chi connectivity index (χ3n) is 3.54. The Kier molecular flexibility index (Phi) is 5.14. The largest absolute Gasteiger partial charge is 0.309 e. The summed E-state index contributed by atoms with van der Waals surface area (Å²) in [6.07, 6.45) is 2.20. The molecule has 0 amide bonds. The molecule has 2 unspecified atom stereocenters. The van der Waals surface area contributed by atoms with Gasteiger partial charge in [0.2, 0.25) is 0 Å². The fraction of sp³-hybridized carbons (Fsp3) is 1.00. The third-order valence-corrected chi connectivity index (χ3v) is 4.35. The Morgan fingerprint density at radius 2 is 2.00 bits per heavy atom. The molecule has 2 atom stereocenters. The zero-order valence-corrected chi connectivity index (χ0v) is 12.5. The maximum absolute atomic E-state index is 3.67. The highest BCUT2D eigenvalue weighted by molar-refractivity contribution is 7.98. The highest BCUT2D eigenvalue weighted by Gasteiger charge is 2.35. The van der Waals surface area contributed by atoms with E-state index in [-0.39, 0.29) is 5.54 Å². The van der Waals surface area contributed by atoms with Crippen LogP contribution in [0.5, 0.6) is 0 Å². The van der Waals surface area contributed by atoms with Crippen molar-refractivity contribution in [3.05, 3.63) is 0 Å². The Bertz CT molecular complexity index is 216. The molecule has 1 rings (SSSR count). The van der Waals surface area contributed by atoms with Crippen molar-refractivity contribution in [1.82, 2.24) is 10.2 Å². The Morgan fingerprint density at radius 1 is 1.38 bits per heavy atom. The summed E-state index contributed by atoms with van der Waals surface area (Å²) in [5.41, 5.74) is 0.262. The Morgan fingerprint density at radius 3 is 2.50 bits per heavy atom. The summed E-state index contributed by atoms with van der Waals surface area (Å²) >= 11 is 1.96. The smallest absolute Gasteiger partial charge is 0.0253 e. The topological polar surface area (TPSA) is 15.3 Å². The number of rotatable bonds is 4. The lowest BCUT2D eigenvalue weighted by Crippen LogP contribution is -2.65. The van der Waals surface area contributed by atoms with Crippen molar-refractivity contribution in [1.29, 1.82) is 0 Å². The van der Waals surface area contributed by atoms with Gasteiger partial charge in [-0.3, -0.25) is 4.90 Å². The molecule has 0 saturated carbocycles. The number of hydrogen-bond donors (Lipinski definition) is 1. The monoisotopic (exact) mass is 244 g/mol. The summed E-state index contributed by atoms with van der Waals surface area (Å²) in [6, 6.07) is 1.37. The minimum Gasteiger partial charge on any atom is -0.309 e. The van der Waals surface area contributed by atoms with Crippen molar-refractivity contribution < 1.29 is 0 Å². The number of nitrogens with zero attached hydrogens (tertiary/aromatic N) is 1. The standard InChI is InChI=1S/C13H28N2S/c1-10(2)12-7-14-13(4,5)9-15(12)11(3)8-16-6/h10-12,14H,7-9H2,1-6H3. The molecule has 3 heteroatoms. The summed E-state index contributed by atoms with van der Waals surface area (Å²) in [4.78, 5) is 2.71. The van der Waals surface area contributed by atoms with Crippen LogP contribution in [0.3, 0.4) is 0 Å². The average molecular weight is 244 g/mol. The second-order valence-corrected chi connectivity index (χ2v) is 6.96. The minimum atomic E-state index is 0.262. The van der Waals surface area contributed by atoms with Crippen LogP contribution >= 0.6 is 11.8 Å². The van der Waals surface area contributed by atoms with Crippen molar-refractivity contribution >= 4 is 11.8 Å². The van der Waals surface area contributed by atoms with Gasteiger partial charge in [-0.2, -0.15) is 11.8 Å². The Balaban J connectivity index is 2.71. The van der Waals surface area contributed by atoms with Gasteiger partial charge in [0.15, 0.2) is 0 Å². The molecule has 0 spiro atoms. The molecule has 1 N–H and O–H groups in total. The van der Waals surface area contributed by atoms with Crippen molar-refractivity contribution in [3.63, 3.8) is 0 Å². The molecule has 1 heterocycles. The molecule has 0 aromatic heterocycles. The van der Waals surface area contributed by atoms with E-state index in [0.29, 0.717) is 12.1 Å². The van der Waals surface area contributed by atoms with Gasteiger partial charge in [-0.1, -0.05) is 13.8 Å². The molecule has 1 aliphatic heterocycles. The molecule has 1 saturated heterocycles. The molecular formula is C13H28N2S. The van der Waals surface area contributed by atoms with E-state index in [0.717, 1.165) is 19.0 Å². The molecule has 0 radical (unpaired) electrons. The van der Waals surface area contributed by atoms with Gasteiger partial charge in [-0.25, -0.2) is 0 Å². The molecule has 0 aromatic carbocycles. The van der Waals surface area contributed by atoms with E-state index in [1.54, 1.807) is 0 Å². The molecule has 2 nitrogen and oxygen atoms in total. The molecule has 0 aliphatic carbocycles. The normalized spacial score (nSPS) is 28.3. The van der Waals surface area contributed by atoms with E-state index >= 15 is 0 Å². The van der Waals surface area contributed by atoms with Gasteiger partial charge >= 0.3 is 0 Å². The summed E-state index contributed by atoms with van der Waals surface area (Å²) in [7, 11) is 0. The summed E-state index contributed by atoms with van der Waals surface area (Å²) in [5, 5.41) is 3.67. The molecule has 1 fully saturated rings. The van der Waals surface area contributed by atoms with Gasteiger partial charge in [0.05, 0.1) is 0 Å². The summed E-state index contributed by atoms with van der Waals surface area (Å²) < 4.78 is 0. The predicted octanol–water partition coefficient (Wildman–Crippen LogP) is 2.45. The van der Waals surface area contributed by atoms with Gasteiger partial charge in [-0.15, -0.1) is 0 Å². The first-order chi connectivity index (χ1) is 7.37. The lowest BCUT2D eigenvalue weighted by Gasteiger charge is -2.48. The van der Waals surface area contributed by atoms with Crippen LogP contribution in [0.15, 0.2) is 0 Å². The zero-order chi connectivity index (χ0) is 12.3. The molecule has 96 valence electrons. The van der Waals surface area contributed by atoms with E-state index in [2.05, 4.69) is 51.1 Å². The van der Waals surface area contributed by atoms with Crippen molar-refractivity contribution in [3.8, 4) is 0 Å². The SMILES string of the molecule is CSCC(C)N1CC(C)(C)NCC1C(C)C. The van der Waals surface area contributed by atoms with Gasteiger partial charge in [0, 0.05) is 36.5 Å². The van der Waals surface area contributed by atoms with Gasteiger partial charge in [0.25, 0.3) is 0 Å². The van der Waals surface area contributed by atoms with Crippen molar-refractivity contribution in [2.75, 3.05) is 25.1 Å². The molecule has 16 heavy (non-hydrogen) atoms. The number of thioether (sulfide) groups is 1. The van der Waals surface area contributed by atoms with E-state index in [1.807, 2.05) is 11.8 Å². The zero-order valence-electron chi connectivity index (χ0n) is 11.7. The fourth-order valence-corrected chi connectivity index (χ4v) is 3.24. The van der Waals surface area contributed by atoms with Crippen molar-refractivity contribution in [2.45, 2.75) is 52.2 Å². The van der Waals surface area contributed by atoms with Crippen LogP contribution < -0.4 is 5.32 Å². The Hall–Kier alpha value is 0.270. The quantitative estimate of drug-likeness (QED) is 0.818. The molecule has 0 aromatic rings. The van der Waals surface area contributed by atoms with Crippen LogP contribution in [0.25, 0.3) is 0 Å². The van der Waals surface area contributed by atoms with Gasteiger partial charge in [-0.05, 0) is 32.9 Å². The van der Waals surface area contributed by atoms with E-state index in [4.69, 9.17) is 0 Å². The van der Waals surface area contributed by atoms with Crippen LogP contribution in [-0.4, -0.2) is 47.6 Å². The maximum Gasteiger partial charge on any atom is 0.0253 e. The predicted molar refractivity (Wildman–Crippen MR) is 75.3 cm³/mol. The number of nitrogens with one attached hydrogen (secondary N) is 1. The van der Waals surface area contributed by atoms with Crippen LogP contribution in [0.4, 0.5) is 0 Å². The highest BCUT2D eigenvalue weighted by Crippen LogP contribution is 2.23. The fourth-order valence-electron chi connectivity index (χ4n) is 2.57. The van der Waals surface area contributed by atoms with Crippen LogP contribution in [0.2, 0.25) is 0 Å². The second-order valence-electron chi connectivity index (χ2n) is 6.05. The molecule has 0 bridgehead atoms. The average Bonchev–Trinajstić information content (AvgIpc) is 2.16. The summed E-state index contributed by atoms with van der Waals surface area (Å²) in [5.74, 6) is 1.96. The van der Waals surface area contributed by atoms with E-state index in [1.165, 1.54) is 5.75 Å². The first-order valence-corrected chi connectivity index (χ1v) is 7.76. The number of piperazine rings is 1. The highest BCUT2D eigenvalue weighted by atomic mass is 32.2. The number of hydrogen-bond acceptors (Lipinski definition) is 3. The first-order valence-electron chi connectivity index (χ1n) is 6.37.